The zero-order valence-electron chi connectivity index (χ0n) is 11.2. The van der Waals surface area contributed by atoms with E-state index < -0.39 is 0 Å². The van der Waals surface area contributed by atoms with Crippen molar-refractivity contribution in [2.75, 3.05) is 13.2 Å². The van der Waals surface area contributed by atoms with Crippen molar-refractivity contribution in [2.45, 2.75) is 19.1 Å². The Kier molecular flexibility index (Phi) is 3.95. The molecule has 0 radical (unpaired) electrons. The van der Waals surface area contributed by atoms with Crippen molar-refractivity contribution in [1.29, 1.82) is 0 Å². The molecule has 20 heavy (non-hydrogen) atoms. The van der Waals surface area contributed by atoms with Gasteiger partial charge in [0.15, 0.2) is 0 Å². The molecule has 4 nitrogen and oxygen atoms in total. The fourth-order valence-electron chi connectivity index (χ4n) is 2.23. The lowest BCUT2D eigenvalue weighted by atomic mass is 10.1. The summed E-state index contributed by atoms with van der Waals surface area (Å²) < 4.78 is 11.1. The van der Waals surface area contributed by atoms with E-state index >= 15 is 0 Å². The largest absolute Gasteiger partial charge is 0.488 e. The van der Waals surface area contributed by atoms with E-state index in [0.717, 1.165) is 35.6 Å². The van der Waals surface area contributed by atoms with Gasteiger partial charge in [-0.25, -0.2) is 0 Å². The molecule has 0 bridgehead atoms. The van der Waals surface area contributed by atoms with E-state index in [0.29, 0.717) is 6.61 Å². The molecule has 1 aliphatic heterocycles. The Morgan fingerprint density at radius 3 is 2.80 bits per heavy atom. The number of ether oxygens (including phenoxy) is 2. The topological polar surface area (TPSA) is 51.6 Å². The van der Waals surface area contributed by atoms with Gasteiger partial charge in [0.2, 0.25) is 0 Å². The second kappa shape index (κ2) is 6.03. The van der Waals surface area contributed by atoms with Crippen molar-refractivity contribution >= 4 is 0 Å². The Morgan fingerprint density at radius 2 is 2.10 bits per heavy atom. The fraction of sp³-hybridized carbons (Fsp3) is 0.312. The summed E-state index contributed by atoms with van der Waals surface area (Å²) in [5, 5.41) is 9.15. The van der Waals surface area contributed by atoms with Gasteiger partial charge < -0.3 is 14.6 Å². The molecule has 1 N–H and O–H groups in total. The molecule has 2 aromatic rings. The number of aliphatic hydroxyl groups excluding tert-OH is 1. The molecule has 1 aliphatic rings. The number of hydrogen-bond donors (Lipinski definition) is 1. The molecule has 0 saturated carbocycles. The highest BCUT2D eigenvalue weighted by Gasteiger charge is 2.16. The molecule has 1 aromatic carbocycles. The van der Waals surface area contributed by atoms with E-state index in [1.807, 2.05) is 30.3 Å². The molecule has 1 unspecified atom stereocenters. The van der Waals surface area contributed by atoms with Crippen molar-refractivity contribution in [1.82, 2.24) is 4.98 Å². The lowest BCUT2D eigenvalue weighted by molar-refractivity contribution is 0.141. The van der Waals surface area contributed by atoms with E-state index in [1.165, 1.54) is 0 Å². The average Bonchev–Trinajstić information content (AvgIpc) is 3.01. The molecule has 0 aliphatic carbocycles. The SMILES string of the molecule is OCc1ccnc(-c2ccc(OC3CCOC3)cc2)c1. The molecule has 1 fully saturated rings. The van der Waals surface area contributed by atoms with E-state index in [1.54, 1.807) is 12.3 Å². The van der Waals surface area contributed by atoms with Crippen LogP contribution in [-0.2, 0) is 11.3 Å². The van der Waals surface area contributed by atoms with Crippen LogP contribution in [0.1, 0.15) is 12.0 Å². The van der Waals surface area contributed by atoms with Gasteiger partial charge in [0.1, 0.15) is 11.9 Å². The molecule has 1 saturated heterocycles. The summed E-state index contributed by atoms with van der Waals surface area (Å²) >= 11 is 0. The van der Waals surface area contributed by atoms with Gasteiger partial charge in [0.25, 0.3) is 0 Å². The van der Waals surface area contributed by atoms with Crippen molar-refractivity contribution in [3.63, 3.8) is 0 Å². The third-order valence-corrected chi connectivity index (χ3v) is 3.35. The number of benzene rings is 1. The van der Waals surface area contributed by atoms with Crippen LogP contribution in [0.3, 0.4) is 0 Å². The van der Waals surface area contributed by atoms with Crippen LogP contribution in [0.2, 0.25) is 0 Å². The van der Waals surface area contributed by atoms with Crippen LogP contribution in [0.5, 0.6) is 5.75 Å². The minimum Gasteiger partial charge on any atom is -0.488 e. The lowest BCUT2D eigenvalue weighted by Gasteiger charge is -2.12. The Balaban J connectivity index is 1.74. The number of hydrogen-bond acceptors (Lipinski definition) is 4. The fourth-order valence-corrected chi connectivity index (χ4v) is 2.23. The summed E-state index contributed by atoms with van der Waals surface area (Å²) in [5.74, 6) is 0.850. The van der Waals surface area contributed by atoms with E-state index in [9.17, 15) is 0 Å². The summed E-state index contributed by atoms with van der Waals surface area (Å²) in [4.78, 5) is 4.32. The molecule has 4 heteroatoms. The van der Waals surface area contributed by atoms with Crippen LogP contribution in [0, 0.1) is 0 Å². The molecule has 1 aromatic heterocycles. The minimum absolute atomic E-state index is 0.0262. The monoisotopic (exact) mass is 271 g/mol. The van der Waals surface area contributed by atoms with Crippen LogP contribution < -0.4 is 4.74 Å². The smallest absolute Gasteiger partial charge is 0.124 e. The Morgan fingerprint density at radius 1 is 1.25 bits per heavy atom. The highest BCUT2D eigenvalue weighted by atomic mass is 16.5. The molecule has 2 heterocycles. The first-order valence-electron chi connectivity index (χ1n) is 6.76. The normalized spacial score (nSPS) is 18.1. The van der Waals surface area contributed by atoms with Gasteiger partial charge in [-0.15, -0.1) is 0 Å². The van der Waals surface area contributed by atoms with Crippen LogP contribution in [0.25, 0.3) is 11.3 Å². The summed E-state index contributed by atoms with van der Waals surface area (Å²) in [6.45, 7) is 1.47. The summed E-state index contributed by atoms with van der Waals surface area (Å²) in [5.41, 5.74) is 2.72. The maximum atomic E-state index is 9.15. The second-order valence-electron chi connectivity index (χ2n) is 4.84. The molecular formula is C16H17NO3. The van der Waals surface area contributed by atoms with Crippen LogP contribution in [0.4, 0.5) is 0 Å². The minimum atomic E-state index is 0.0262. The van der Waals surface area contributed by atoms with Gasteiger partial charge in [-0.2, -0.15) is 0 Å². The van der Waals surface area contributed by atoms with Crippen LogP contribution in [-0.4, -0.2) is 29.4 Å². The van der Waals surface area contributed by atoms with Crippen molar-refractivity contribution in [2.24, 2.45) is 0 Å². The number of rotatable bonds is 4. The van der Waals surface area contributed by atoms with E-state index in [2.05, 4.69) is 4.98 Å². The van der Waals surface area contributed by atoms with Crippen molar-refractivity contribution < 1.29 is 14.6 Å². The zero-order valence-corrected chi connectivity index (χ0v) is 11.2. The number of aliphatic hydroxyl groups is 1. The summed E-state index contributed by atoms with van der Waals surface area (Å²) in [7, 11) is 0. The number of nitrogens with zero attached hydrogens (tertiary/aromatic N) is 1. The van der Waals surface area contributed by atoms with Gasteiger partial charge in [-0.3, -0.25) is 4.98 Å². The van der Waals surface area contributed by atoms with Gasteiger partial charge in [-0.1, -0.05) is 0 Å². The predicted octanol–water partition coefficient (Wildman–Crippen LogP) is 2.41. The maximum Gasteiger partial charge on any atom is 0.124 e. The molecule has 0 spiro atoms. The number of pyridine rings is 1. The number of aromatic nitrogens is 1. The highest BCUT2D eigenvalue weighted by Crippen LogP contribution is 2.23. The standard InChI is InChI=1S/C16H17NO3/c18-10-12-5-7-17-16(9-12)13-1-3-14(4-2-13)20-15-6-8-19-11-15/h1-5,7,9,15,18H,6,8,10-11H2. The quantitative estimate of drug-likeness (QED) is 0.927. The van der Waals surface area contributed by atoms with Crippen molar-refractivity contribution in [3.8, 4) is 17.0 Å². The molecule has 1 atom stereocenters. The van der Waals surface area contributed by atoms with Gasteiger partial charge in [0.05, 0.1) is 25.5 Å². The van der Waals surface area contributed by atoms with E-state index in [4.69, 9.17) is 14.6 Å². The van der Waals surface area contributed by atoms with Crippen molar-refractivity contribution in [3.05, 3.63) is 48.2 Å². The molecule has 104 valence electrons. The molecule has 3 rings (SSSR count). The van der Waals surface area contributed by atoms with E-state index in [-0.39, 0.29) is 12.7 Å². The highest BCUT2D eigenvalue weighted by molar-refractivity contribution is 5.60. The zero-order chi connectivity index (χ0) is 13.8. The first-order chi connectivity index (χ1) is 9.85. The maximum absolute atomic E-state index is 9.15. The lowest BCUT2D eigenvalue weighted by Crippen LogP contribution is -2.15. The third-order valence-electron chi connectivity index (χ3n) is 3.35. The summed E-state index contributed by atoms with van der Waals surface area (Å²) in [6.07, 6.45) is 2.82. The van der Waals surface area contributed by atoms with Gasteiger partial charge in [-0.05, 0) is 42.0 Å². The Bertz CT molecular complexity index is 562. The molecule has 0 amide bonds. The first kappa shape index (κ1) is 13.1. The predicted molar refractivity (Wildman–Crippen MR) is 75.4 cm³/mol. The van der Waals surface area contributed by atoms with Gasteiger partial charge in [0, 0.05) is 18.2 Å². The van der Waals surface area contributed by atoms with Crippen LogP contribution >= 0.6 is 0 Å². The molecular weight excluding hydrogens is 254 g/mol. The first-order valence-corrected chi connectivity index (χ1v) is 6.76. The Hall–Kier alpha value is -1.91. The summed E-state index contributed by atoms with van der Waals surface area (Å²) in [6, 6.07) is 11.5. The average molecular weight is 271 g/mol. The van der Waals surface area contributed by atoms with Gasteiger partial charge >= 0.3 is 0 Å². The third kappa shape index (κ3) is 2.98. The van der Waals surface area contributed by atoms with Crippen LogP contribution in [0.15, 0.2) is 42.6 Å². The Labute approximate surface area is 118 Å². The second-order valence-corrected chi connectivity index (χ2v) is 4.84.